The summed E-state index contributed by atoms with van der Waals surface area (Å²) >= 11 is 11.8. The summed E-state index contributed by atoms with van der Waals surface area (Å²) in [4.78, 5) is 25.7. The van der Waals surface area contributed by atoms with Gasteiger partial charge in [-0.3, -0.25) is 14.5 Å². The summed E-state index contributed by atoms with van der Waals surface area (Å²) in [5, 5.41) is 6.60. The zero-order valence-electron chi connectivity index (χ0n) is 13.8. The van der Waals surface area contributed by atoms with Crippen LogP contribution in [0.15, 0.2) is 18.2 Å². The number of anilines is 1. The second kappa shape index (κ2) is 9.25. The van der Waals surface area contributed by atoms with Crippen LogP contribution in [0.1, 0.15) is 32.1 Å². The van der Waals surface area contributed by atoms with Gasteiger partial charge in [-0.1, -0.05) is 42.5 Å². The second-order valence-corrected chi connectivity index (χ2v) is 7.07. The topological polar surface area (TPSA) is 61.4 Å². The zero-order valence-corrected chi connectivity index (χ0v) is 15.3. The van der Waals surface area contributed by atoms with E-state index in [1.54, 1.807) is 30.1 Å². The molecule has 1 aliphatic rings. The molecule has 0 unspecified atom stereocenters. The summed E-state index contributed by atoms with van der Waals surface area (Å²) in [5.74, 6) is -0.243. The number of nitrogens with zero attached hydrogens (tertiary/aromatic N) is 1. The number of hydrogen-bond acceptors (Lipinski definition) is 3. The molecule has 1 aromatic carbocycles. The van der Waals surface area contributed by atoms with E-state index in [0.717, 1.165) is 12.8 Å². The number of nitrogens with one attached hydrogen (secondary N) is 2. The van der Waals surface area contributed by atoms with Gasteiger partial charge in [0, 0.05) is 11.7 Å². The molecule has 132 valence electrons. The van der Waals surface area contributed by atoms with Crippen molar-refractivity contribution in [3.8, 4) is 0 Å². The molecule has 0 radical (unpaired) electrons. The number of carbonyl (C=O) groups is 2. The molecule has 0 bridgehead atoms. The Kier molecular flexibility index (Phi) is 7.34. The van der Waals surface area contributed by atoms with Crippen molar-refractivity contribution in [2.45, 2.75) is 38.1 Å². The predicted octanol–water partition coefficient (Wildman–Crippen LogP) is 3.31. The first-order valence-corrected chi connectivity index (χ1v) is 8.92. The first-order chi connectivity index (χ1) is 11.4. The minimum absolute atomic E-state index is 0.0354. The van der Waals surface area contributed by atoms with E-state index in [4.69, 9.17) is 23.2 Å². The number of likely N-dealkylation sites (N-methyl/N-ethyl adjacent to an activating group) is 1. The first kappa shape index (κ1) is 19.0. The molecule has 5 nitrogen and oxygen atoms in total. The number of amides is 2. The normalized spacial score (nSPS) is 15.3. The van der Waals surface area contributed by atoms with Crippen molar-refractivity contribution >= 4 is 40.7 Å². The van der Waals surface area contributed by atoms with E-state index < -0.39 is 0 Å². The number of halogens is 2. The Hall–Kier alpha value is -1.30. The molecule has 1 aromatic rings. The monoisotopic (exact) mass is 371 g/mol. The maximum absolute atomic E-state index is 12.0. The SMILES string of the molecule is CN(CC(=O)Nc1ccc(Cl)c(Cl)c1)CC(=O)NC1CCCCC1. The lowest BCUT2D eigenvalue weighted by atomic mass is 9.95. The van der Waals surface area contributed by atoms with Crippen molar-refractivity contribution in [2.75, 3.05) is 25.5 Å². The molecule has 2 N–H and O–H groups in total. The number of carbonyl (C=O) groups excluding carboxylic acids is 2. The Morgan fingerprint density at radius 3 is 2.42 bits per heavy atom. The molecule has 2 rings (SSSR count). The van der Waals surface area contributed by atoms with Crippen molar-refractivity contribution in [3.63, 3.8) is 0 Å². The van der Waals surface area contributed by atoms with E-state index in [-0.39, 0.29) is 30.9 Å². The molecule has 0 saturated heterocycles. The van der Waals surface area contributed by atoms with Crippen molar-refractivity contribution in [3.05, 3.63) is 28.2 Å². The van der Waals surface area contributed by atoms with Gasteiger partial charge >= 0.3 is 0 Å². The highest BCUT2D eigenvalue weighted by Gasteiger charge is 2.17. The van der Waals surface area contributed by atoms with Crippen molar-refractivity contribution in [2.24, 2.45) is 0 Å². The van der Waals surface area contributed by atoms with Crippen LogP contribution in [-0.2, 0) is 9.59 Å². The van der Waals surface area contributed by atoms with Gasteiger partial charge < -0.3 is 10.6 Å². The second-order valence-electron chi connectivity index (χ2n) is 6.25. The Morgan fingerprint density at radius 2 is 1.75 bits per heavy atom. The maximum atomic E-state index is 12.0. The molecule has 1 fully saturated rings. The molecule has 24 heavy (non-hydrogen) atoms. The van der Waals surface area contributed by atoms with Crippen LogP contribution in [0, 0.1) is 0 Å². The molecular weight excluding hydrogens is 349 g/mol. The summed E-state index contributed by atoms with van der Waals surface area (Å²) in [6, 6.07) is 5.19. The third-order valence-corrected chi connectivity index (χ3v) is 4.74. The number of benzene rings is 1. The van der Waals surface area contributed by atoms with Crippen molar-refractivity contribution in [1.82, 2.24) is 10.2 Å². The molecule has 0 heterocycles. The number of rotatable bonds is 6. The third-order valence-electron chi connectivity index (χ3n) is 4.00. The highest BCUT2D eigenvalue weighted by Crippen LogP contribution is 2.24. The minimum Gasteiger partial charge on any atom is -0.352 e. The Balaban J connectivity index is 1.74. The minimum atomic E-state index is -0.207. The molecular formula is C17H23Cl2N3O2. The summed E-state index contributed by atoms with van der Waals surface area (Å²) in [5.41, 5.74) is 0.578. The summed E-state index contributed by atoms with van der Waals surface area (Å²) in [7, 11) is 1.74. The fourth-order valence-corrected chi connectivity index (χ4v) is 3.14. The molecule has 0 aliphatic heterocycles. The lowest BCUT2D eigenvalue weighted by Gasteiger charge is -2.24. The van der Waals surface area contributed by atoms with E-state index in [0.29, 0.717) is 15.7 Å². The van der Waals surface area contributed by atoms with Crippen LogP contribution in [-0.4, -0.2) is 42.9 Å². The molecule has 0 atom stereocenters. The van der Waals surface area contributed by atoms with Gasteiger partial charge in [-0.25, -0.2) is 0 Å². The Morgan fingerprint density at radius 1 is 1.08 bits per heavy atom. The van der Waals surface area contributed by atoms with Gasteiger partial charge in [0.05, 0.1) is 23.1 Å². The van der Waals surface area contributed by atoms with Crippen LogP contribution in [0.2, 0.25) is 10.0 Å². The predicted molar refractivity (Wildman–Crippen MR) is 97.6 cm³/mol. The van der Waals surface area contributed by atoms with Gasteiger partial charge in [0.1, 0.15) is 0 Å². The molecule has 7 heteroatoms. The largest absolute Gasteiger partial charge is 0.352 e. The van der Waals surface area contributed by atoms with Gasteiger partial charge in [-0.2, -0.15) is 0 Å². The van der Waals surface area contributed by atoms with Gasteiger partial charge in [-0.15, -0.1) is 0 Å². The van der Waals surface area contributed by atoms with Crippen LogP contribution in [0.5, 0.6) is 0 Å². The smallest absolute Gasteiger partial charge is 0.238 e. The lowest BCUT2D eigenvalue weighted by Crippen LogP contribution is -2.43. The Labute approximate surface area is 152 Å². The van der Waals surface area contributed by atoms with Gasteiger partial charge in [0.15, 0.2) is 0 Å². The van der Waals surface area contributed by atoms with Crippen molar-refractivity contribution < 1.29 is 9.59 Å². The summed E-state index contributed by atoms with van der Waals surface area (Å²) in [6.45, 7) is 0.323. The highest BCUT2D eigenvalue weighted by molar-refractivity contribution is 6.42. The standard InChI is InChI=1S/C17H23Cl2N3O2/c1-22(10-16(23)20-12-5-3-2-4-6-12)11-17(24)21-13-7-8-14(18)15(19)9-13/h7-9,12H,2-6,10-11H2,1H3,(H,20,23)(H,21,24). The molecule has 0 aromatic heterocycles. The van der Waals surface area contributed by atoms with Crippen LogP contribution >= 0.6 is 23.2 Å². The van der Waals surface area contributed by atoms with Crippen LogP contribution in [0.3, 0.4) is 0 Å². The van der Waals surface area contributed by atoms with Crippen LogP contribution in [0.4, 0.5) is 5.69 Å². The zero-order chi connectivity index (χ0) is 17.5. The van der Waals surface area contributed by atoms with E-state index >= 15 is 0 Å². The van der Waals surface area contributed by atoms with E-state index in [9.17, 15) is 9.59 Å². The van der Waals surface area contributed by atoms with Gasteiger partial charge in [-0.05, 0) is 38.1 Å². The maximum Gasteiger partial charge on any atom is 0.238 e. The molecule has 2 amide bonds. The lowest BCUT2D eigenvalue weighted by molar-refractivity contribution is -0.123. The summed E-state index contributed by atoms with van der Waals surface area (Å²) < 4.78 is 0. The van der Waals surface area contributed by atoms with E-state index in [1.165, 1.54) is 19.3 Å². The fraction of sp³-hybridized carbons (Fsp3) is 0.529. The quantitative estimate of drug-likeness (QED) is 0.806. The van der Waals surface area contributed by atoms with Crippen LogP contribution < -0.4 is 10.6 Å². The average molecular weight is 372 g/mol. The van der Waals surface area contributed by atoms with Crippen molar-refractivity contribution in [1.29, 1.82) is 0 Å². The molecule has 1 saturated carbocycles. The van der Waals surface area contributed by atoms with E-state index in [2.05, 4.69) is 10.6 Å². The number of hydrogen-bond donors (Lipinski definition) is 2. The van der Waals surface area contributed by atoms with Gasteiger partial charge in [0.2, 0.25) is 11.8 Å². The average Bonchev–Trinajstić information content (AvgIpc) is 2.51. The summed E-state index contributed by atoms with van der Waals surface area (Å²) in [6.07, 6.45) is 5.70. The fourth-order valence-electron chi connectivity index (χ4n) is 2.84. The molecule has 1 aliphatic carbocycles. The Bertz CT molecular complexity index is 589. The highest BCUT2D eigenvalue weighted by atomic mass is 35.5. The van der Waals surface area contributed by atoms with E-state index in [1.807, 2.05) is 0 Å². The first-order valence-electron chi connectivity index (χ1n) is 8.17. The van der Waals surface area contributed by atoms with Gasteiger partial charge in [0.25, 0.3) is 0 Å². The van der Waals surface area contributed by atoms with Crippen LogP contribution in [0.25, 0.3) is 0 Å². The third kappa shape index (κ3) is 6.30. The molecule has 0 spiro atoms.